The number of hydrogen-bond donors (Lipinski definition) is 2. The Morgan fingerprint density at radius 3 is 1.65 bits per heavy atom. The van der Waals surface area contributed by atoms with Crippen molar-refractivity contribution in [1.29, 1.82) is 0 Å². The third-order valence-corrected chi connectivity index (χ3v) is 7.14. The Labute approximate surface area is 226 Å². The molecule has 5 heteroatoms. The molecule has 0 radical (unpaired) electrons. The first-order valence-corrected chi connectivity index (χ1v) is 15.2. The molecule has 0 saturated heterocycles. The number of unbranched alkanes of at least 4 members (excludes halogenated alkanes) is 15. The standard InChI is InChI=1S/C32H54O5/c1-2-3-4-19-27-37-30-24-20-22-28(21-15-11-7-5-9-13-17-25-31(33)34)29(30)23-16-12-8-6-10-14-18-26-32(35)36/h20,22,24H,2-19,21,23,25-27H2,1H3,(H,33,34)(H,35,36). The molecule has 0 bridgehead atoms. The zero-order chi connectivity index (χ0) is 27.0. The molecule has 0 saturated carbocycles. The van der Waals surface area contributed by atoms with Gasteiger partial charge < -0.3 is 14.9 Å². The molecule has 5 nitrogen and oxygen atoms in total. The Morgan fingerprint density at radius 1 is 0.622 bits per heavy atom. The predicted octanol–water partition coefficient (Wildman–Crippen LogP) is 9.14. The van der Waals surface area contributed by atoms with Crippen molar-refractivity contribution in [2.75, 3.05) is 6.61 Å². The van der Waals surface area contributed by atoms with Crippen LogP contribution in [-0.2, 0) is 22.4 Å². The highest BCUT2D eigenvalue weighted by Gasteiger charge is 2.10. The smallest absolute Gasteiger partial charge is 0.303 e. The topological polar surface area (TPSA) is 83.8 Å². The first-order valence-electron chi connectivity index (χ1n) is 15.2. The molecule has 0 atom stereocenters. The monoisotopic (exact) mass is 518 g/mol. The quantitative estimate of drug-likeness (QED) is 0.119. The normalized spacial score (nSPS) is 11.1. The molecular formula is C32H54O5. The Kier molecular flexibility index (Phi) is 20.6. The summed E-state index contributed by atoms with van der Waals surface area (Å²) >= 11 is 0. The lowest BCUT2D eigenvalue weighted by atomic mass is 9.95. The predicted molar refractivity (Wildman–Crippen MR) is 153 cm³/mol. The third-order valence-electron chi connectivity index (χ3n) is 7.14. The van der Waals surface area contributed by atoms with E-state index in [-0.39, 0.29) is 0 Å². The van der Waals surface area contributed by atoms with Gasteiger partial charge in [0.2, 0.25) is 0 Å². The summed E-state index contributed by atoms with van der Waals surface area (Å²) in [6.07, 6.45) is 23.2. The molecule has 212 valence electrons. The van der Waals surface area contributed by atoms with Gasteiger partial charge in [0.05, 0.1) is 6.61 Å². The van der Waals surface area contributed by atoms with Crippen molar-refractivity contribution in [3.05, 3.63) is 29.3 Å². The lowest BCUT2D eigenvalue weighted by molar-refractivity contribution is -0.138. The van der Waals surface area contributed by atoms with E-state index in [0.717, 1.165) is 70.1 Å². The maximum atomic E-state index is 10.6. The van der Waals surface area contributed by atoms with Gasteiger partial charge in [-0.15, -0.1) is 0 Å². The lowest BCUT2D eigenvalue weighted by Gasteiger charge is -2.16. The van der Waals surface area contributed by atoms with Crippen LogP contribution < -0.4 is 4.74 Å². The largest absolute Gasteiger partial charge is 0.493 e. The van der Waals surface area contributed by atoms with E-state index in [1.807, 2.05) is 0 Å². The molecule has 0 aliphatic heterocycles. The molecule has 0 aromatic heterocycles. The molecule has 37 heavy (non-hydrogen) atoms. The van der Waals surface area contributed by atoms with Crippen LogP contribution in [-0.4, -0.2) is 28.8 Å². The highest BCUT2D eigenvalue weighted by atomic mass is 16.5. The van der Waals surface area contributed by atoms with Gasteiger partial charge >= 0.3 is 11.9 Å². The van der Waals surface area contributed by atoms with Crippen molar-refractivity contribution in [2.45, 2.75) is 148 Å². The second-order valence-corrected chi connectivity index (χ2v) is 10.5. The highest BCUT2D eigenvalue weighted by molar-refractivity contribution is 5.66. The Balaban J connectivity index is 2.44. The van der Waals surface area contributed by atoms with Crippen LogP contribution in [0.1, 0.15) is 146 Å². The van der Waals surface area contributed by atoms with Gasteiger partial charge in [-0.1, -0.05) is 103 Å². The summed E-state index contributed by atoms with van der Waals surface area (Å²) in [5, 5.41) is 17.5. The fraction of sp³-hybridized carbons (Fsp3) is 0.750. The molecule has 1 rings (SSSR count). The fourth-order valence-corrected chi connectivity index (χ4v) is 4.91. The van der Waals surface area contributed by atoms with Crippen molar-refractivity contribution in [2.24, 2.45) is 0 Å². The van der Waals surface area contributed by atoms with Gasteiger partial charge in [-0.05, 0) is 62.1 Å². The molecule has 0 amide bonds. The summed E-state index contributed by atoms with van der Waals surface area (Å²) in [5.74, 6) is -0.285. The lowest BCUT2D eigenvalue weighted by Crippen LogP contribution is -2.04. The zero-order valence-electron chi connectivity index (χ0n) is 23.6. The zero-order valence-corrected chi connectivity index (χ0v) is 23.6. The second kappa shape index (κ2) is 23.1. The molecular weight excluding hydrogens is 464 g/mol. The highest BCUT2D eigenvalue weighted by Crippen LogP contribution is 2.27. The number of rotatable bonds is 26. The Bertz CT molecular complexity index is 715. The SMILES string of the molecule is CCCCCCOc1cccc(CCCCCCCCCC(=O)O)c1CCCCCCCCCC(=O)O. The van der Waals surface area contributed by atoms with Crippen LogP contribution in [0, 0.1) is 0 Å². The second-order valence-electron chi connectivity index (χ2n) is 10.5. The fourth-order valence-electron chi connectivity index (χ4n) is 4.91. The average Bonchev–Trinajstić information content (AvgIpc) is 2.87. The van der Waals surface area contributed by atoms with Crippen LogP contribution in [0.4, 0.5) is 0 Å². The molecule has 1 aromatic carbocycles. The van der Waals surface area contributed by atoms with Crippen molar-refractivity contribution < 1.29 is 24.5 Å². The molecule has 2 N–H and O–H groups in total. The number of ether oxygens (including phenoxy) is 1. The number of carboxylic acids is 2. The molecule has 0 aliphatic carbocycles. The summed E-state index contributed by atoms with van der Waals surface area (Å²) in [4.78, 5) is 21.2. The number of aliphatic carboxylic acids is 2. The minimum atomic E-state index is -0.685. The van der Waals surface area contributed by atoms with E-state index in [0.29, 0.717) is 12.8 Å². The van der Waals surface area contributed by atoms with E-state index < -0.39 is 11.9 Å². The number of aryl methyl sites for hydroxylation is 1. The van der Waals surface area contributed by atoms with Gasteiger partial charge in [0, 0.05) is 12.8 Å². The van der Waals surface area contributed by atoms with Crippen molar-refractivity contribution in [1.82, 2.24) is 0 Å². The number of benzene rings is 1. The van der Waals surface area contributed by atoms with E-state index in [4.69, 9.17) is 14.9 Å². The van der Waals surface area contributed by atoms with Crippen LogP contribution in [0.5, 0.6) is 5.75 Å². The average molecular weight is 519 g/mol. The third kappa shape index (κ3) is 18.8. The first kappa shape index (κ1) is 33.0. The summed E-state index contributed by atoms with van der Waals surface area (Å²) in [6, 6.07) is 6.59. The van der Waals surface area contributed by atoms with Crippen molar-refractivity contribution in [3.63, 3.8) is 0 Å². The number of carboxylic acid groups (broad SMARTS) is 2. The Morgan fingerprint density at radius 2 is 1.11 bits per heavy atom. The van der Waals surface area contributed by atoms with Gasteiger partial charge in [-0.2, -0.15) is 0 Å². The summed E-state index contributed by atoms with van der Waals surface area (Å²) in [6.45, 7) is 3.03. The van der Waals surface area contributed by atoms with Crippen LogP contribution in [0.15, 0.2) is 18.2 Å². The van der Waals surface area contributed by atoms with E-state index in [1.54, 1.807) is 0 Å². The number of carbonyl (C=O) groups is 2. The van der Waals surface area contributed by atoms with Crippen LogP contribution >= 0.6 is 0 Å². The minimum absolute atomic E-state index is 0.296. The molecule has 1 aromatic rings. The summed E-state index contributed by atoms with van der Waals surface area (Å²) < 4.78 is 6.28. The number of hydrogen-bond acceptors (Lipinski definition) is 3. The first-order chi connectivity index (χ1) is 18.0. The van der Waals surface area contributed by atoms with Crippen molar-refractivity contribution >= 4 is 11.9 Å². The van der Waals surface area contributed by atoms with E-state index in [9.17, 15) is 9.59 Å². The maximum absolute atomic E-state index is 10.6. The van der Waals surface area contributed by atoms with Gasteiger partial charge in [-0.3, -0.25) is 9.59 Å². The molecule has 0 heterocycles. The minimum Gasteiger partial charge on any atom is -0.493 e. The van der Waals surface area contributed by atoms with Crippen LogP contribution in [0.25, 0.3) is 0 Å². The van der Waals surface area contributed by atoms with Gasteiger partial charge in [0.1, 0.15) is 5.75 Å². The van der Waals surface area contributed by atoms with Gasteiger partial charge in [-0.25, -0.2) is 0 Å². The van der Waals surface area contributed by atoms with Crippen LogP contribution in [0.2, 0.25) is 0 Å². The van der Waals surface area contributed by atoms with Gasteiger partial charge in [0.15, 0.2) is 0 Å². The summed E-state index contributed by atoms with van der Waals surface area (Å²) in [5.41, 5.74) is 2.86. The Hall–Kier alpha value is -2.04. The summed E-state index contributed by atoms with van der Waals surface area (Å²) in [7, 11) is 0. The van der Waals surface area contributed by atoms with E-state index in [2.05, 4.69) is 25.1 Å². The van der Waals surface area contributed by atoms with Gasteiger partial charge in [0.25, 0.3) is 0 Å². The molecule has 0 spiro atoms. The van der Waals surface area contributed by atoms with Crippen LogP contribution in [0.3, 0.4) is 0 Å². The molecule has 0 unspecified atom stereocenters. The molecule has 0 aliphatic rings. The van der Waals surface area contributed by atoms with E-state index >= 15 is 0 Å². The van der Waals surface area contributed by atoms with Crippen molar-refractivity contribution in [3.8, 4) is 5.75 Å². The van der Waals surface area contributed by atoms with E-state index in [1.165, 1.54) is 81.8 Å². The molecule has 0 fully saturated rings. The maximum Gasteiger partial charge on any atom is 0.303 e.